The smallest absolute Gasteiger partial charge is 0.266 e. The summed E-state index contributed by atoms with van der Waals surface area (Å²) in [6.07, 6.45) is 0. The van der Waals surface area contributed by atoms with E-state index in [-0.39, 0.29) is 17.9 Å². The number of rotatable bonds is 4. The van der Waals surface area contributed by atoms with Gasteiger partial charge in [-0.15, -0.1) is 0 Å². The van der Waals surface area contributed by atoms with E-state index < -0.39 is 37.6 Å². The van der Waals surface area contributed by atoms with Gasteiger partial charge in [0.15, 0.2) is 9.84 Å². The quantitative estimate of drug-likeness (QED) is 0.793. The Hall–Kier alpha value is -1.83. The van der Waals surface area contributed by atoms with Crippen LogP contribution in [-0.2, 0) is 16.4 Å². The number of amides is 1. The largest absolute Gasteiger partial charge is 0.493 e. The molecule has 1 aromatic rings. The molecule has 8 heteroatoms. The molecular weight excluding hydrogens is 272 g/mol. The molecule has 1 amide bonds. The van der Waals surface area contributed by atoms with Crippen molar-refractivity contribution in [1.82, 2.24) is 4.57 Å². The van der Waals surface area contributed by atoms with Crippen molar-refractivity contribution < 1.29 is 18.3 Å². The first-order valence-corrected chi connectivity index (χ1v) is 7.33. The first-order valence-electron chi connectivity index (χ1n) is 5.67. The van der Waals surface area contributed by atoms with Crippen molar-refractivity contribution in [1.29, 1.82) is 0 Å². The lowest BCUT2D eigenvalue weighted by molar-refractivity contribution is 0.0997. The fourth-order valence-electron chi connectivity index (χ4n) is 1.90. The first-order chi connectivity index (χ1) is 8.68. The lowest BCUT2D eigenvalue weighted by Gasteiger charge is -2.15. The summed E-state index contributed by atoms with van der Waals surface area (Å²) < 4.78 is 24.8. The van der Waals surface area contributed by atoms with Gasteiger partial charge in [-0.3, -0.25) is 14.2 Å². The van der Waals surface area contributed by atoms with Crippen LogP contribution in [0.4, 0.5) is 0 Å². The van der Waals surface area contributed by atoms with E-state index in [2.05, 4.69) is 0 Å². The fraction of sp³-hybridized carbons (Fsp3) is 0.455. The van der Waals surface area contributed by atoms with Gasteiger partial charge in [0.2, 0.25) is 5.88 Å². The molecule has 7 nitrogen and oxygen atoms in total. The maximum Gasteiger partial charge on any atom is 0.266 e. The highest BCUT2D eigenvalue weighted by Gasteiger charge is 2.28. The van der Waals surface area contributed by atoms with Gasteiger partial charge >= 0.3 is 0 Å². The molecular formula is C11H16N2O5S. The number of aromatic hydroxyl groups is 1. The number of nitrogens with two attached hydrogens (primary N) is 1. The molecule has 0 atom stereocenters. The molecule has 0 fully saturated rings. The molecule has 0 aliphatic heterocycles. The standard InChI is InChI=1S/C11H16N2O5S/c1-4-13-10(15)7(9(12)14)6(3)8(11(13)16)19(17,18)5-2/h16H,4-5H2,1-3H3,(H2,12,14). The number of carbonyl (C=O) groups is 1. The number of nitrogens with zero attached hydrogens (tertiary/aromatic N) is 1. The lowest BCUT2D eigenvalue weighted by Crippen LogP contribution is -2.32. The molecule has 0 saturated carbocycles. The van der Waals surface area contributed by atoms with E-state index in [0.717, 1.165) is 4.57 Å². The van der Waals surface area contributed by atoms with Crippen molar-refractivity contribution in [2.45, 2.75) is 32.2 Å². The Morgan fingerprint density at radius 1 is 1.37 bits per heavy atom. The van der Waals surface area contributed by atoms with Crippen LogP contribution in [-0.4, -0.2) is 29.8 Å². The third-order valence-electron chi connectivity index (χ3n) is 2.89. The van der Waals surface area contributed by atoms with Gasteiger partial charge in [-0.05, 0) is 19.4 Å². The number of hydrogen-bond donors (Lipinski definition) is 2. The van der Waals surface area contributed by atoms with Gasteiger partial charge in [-0.2, -0.15) is 0 Å². The van der Waals surface area contributed by atoms with Crippen LogP contribution in [0.25, 0.3) is 0 Å². The second-order valence-electron chi connectivity index (χ2n) is 3.97. The topological polar surface area (TPSA) is 119 Å². The Morgan fingerprint density at radius 2 is 1.89 bits per heavy atom. The van der Waals surface area contributed by atoms with Crippen LogP contribution in [0.5, 0.6) is 5.88 Å². The monoisotopic (exact) mass is 288 g/mol. The van der Waals surface area contributed by atoms with E-state index in [0.29, 0.717) is 0 Å². The summed E-state index contributed by atoms with van der Waals surface area (Å²) in [6, 6.07) is 0. The minimum Gasteiger partial charge on any atom is -0.493 e. The number of sulfone groups is 1. The van der Waals surface area contributed by atoms with Gasteiger partial charge in [0, 0.05) is 6.54 Å². The second kappa shape index (κ2) is 5.04. The van der Waals surface area contributed by atoms with E-state index in [1.54, 1.807) is 6.92 Å². The van der Waals surface area contributed by atoms with E-state index in [4.69, 9.17) is 5.73 Å². The summed E-state index contributed by atoms with van der Waals surface area (Å²) in [4.78, 5) is 22.9. The fourth-order valence-corrected chi connectivity index (χ4v) is 3.14. The number of pyridine rings is 1. The zero-order valence-corrected chi connectivity index (χ0v) is 11.7. The number of hydrogen-bond acceptors (Lipinski definition) is 5. The third kappa shape index (κ3) is 2.35. The van der Waals surface area contributed by atoms with Gasteiger partial charge in [0.25, 0.3) is 11.5 Å². The van der Waals surface area contributed by atoms with Crippen molar-refractivity contribution >= 4 is 15.7 Å². The molecule has 0 aliphatic carbocycles. The SMILES string of the molecule is CCn1c(O)c(S(=O)(=O)CC)c(C)c(C(N)=O)c1=O. The van der Waals surface area contributed by atoms with E-state index in [1.165, 1.54) is 13.8 Å². The second-order valence-corrected chi connectivity index (χ2v) is 6.18. The molecule has 1 aromatic heterocycles. The first kappa shape index (κ1) is 15.2. The summed E-state index contributed by atoms with van der Waals surface area (Å²) >= 11 is 0. The molecule has 0 aliphatic rings. The molecule has 3 N–H and O–H groups in total. The molecule has 106 valence electrons. The molecule has 19 heavy (non-hydrogen) atoms. The Bertz CT molecular complexity index is 688. The predicted molar refractivity (Wildman–Crippen MR) is 69.0 cm³/mol. The van der Waals surface area contributed by atoms with Gasteiger partial charge < -0.3 is 10.8 Å². The Balaban J connectivity index is 4.01. The Morgan fingerprint density at radius 3 is 2.26 bits per heavy atom. The summed E-state index contributed by atoms with van der Waals surface area (Å²) in [6.45, 7) is 4.25. The average molecular weight is 288 g/mol. The maximum absolute atomic E-state index is 12.0. The molecule has 0 aromatic carbocycles. The molecule has 0 radical (unpaired) electrons. The average Bonchev–Trinajstić information content (AvgIpc) is 2.28. The molecule has 0 bridgehead atoms. The number of aromatic nitrogens is 1. The third-order valence-corrected chi connectivity index (χ3v) is 4.76. The van der Waals surface area contributed by atoms with Gasteiger partial charge in [0.05, 0.1) is 5.75 Å². The highest BCUT2D eigenvalue weighted by Crippen LogP contribution is 2.27. The highest BCUT2D eigenvalue weighted by atomic mass is 32.2. The Labute approximate surface area is 110 Å². The summed E-state index contributed by atoms with van der Waals surface area (Å²) in [5.74, 6) is -1.93. The van der Waals surface area contributed by atoms with Crippen LogP contribution in [0, 0.1) is 6.92 Å². The zero-order chi connectivity index (χ0) is 15.0. The molecule has 0 unspecified atom stereocenters. The lowest BCUT2D eigenvalue weighted by atomic mass is 10.1. The van der Waals surface area contributed by atoms with Gasteiger partial charge in [-0.25, -0.2) is 8.42 Å². The zero-order valence-electron chi connectivity index (χ0n) is 10.9. The van der Waals surface area contributed by atoms with E-state index in [1.807, 2.05) is 0 Å². The predicted octanol–water partition coefficient (Wildman–Crippen LogP) is -0.225. The van der Waals surface area contributed by atoms with Crippen LogP contribution >= 0.6 is 0 Å². The number of primary amides is 1. The molecule has 0 spiro atoms. The minimum atomic E-state index is -3.78. The summed E-state index contributed by atoms with van der Waals surface area (Å²) in [7, 11) is -3.78. The van der Waals surface area contributed by atoms with Crippen molar-refractivity contribution in [3.63, 3.8) is 0 Å². The van der Waals surface area contributed by atoms with E-state index in [9.17, 15) is 23.1 Å². The minimum absolute atomic E-state index is 0.0253. The molecule has 1 rings (SSSR count). The van der Waals surface area contributed by atoms with Crippen LogP contribution < -0.4 is 11.3 Å². The Kier molecular flexibility index (Phi) is 4.04. The van der Waals surface area contributed by atoms with Crippen LogP contribution in [0.2, 0.25) is 0 Å². The van der Waals surface area contributed by atoms with Crippen LogP contribution in [0.15, 0.2) is 9.69 Å². The maximum atomic E-state index is 12.0. The highest BCUT2D eigenvalue weighted by molar-refractivity contribution is 7.91. The number of carbonyl (C=O) groups excluding carboxylic acids is 1. The van der Waals surface area contributed by atoms with Crippen molar-refractivity contribution in [2.75, 3.05) is 5.75 Å². The van der Waals surface area contributed by atoms with Crippen molar-refractivity contribution in [3.05, 3.63) is 21.5 Å². The van der Waals surface area contributed by atoms with Crippen molar-refractivity contribution in [2.24, 2.45) is 5.73 Å². The van der Waals surface area contributed by atoms with Crippen LogP contribution in [0.3, 0.4) is 0 Å². The summed E-state index contributed by atoms with van der Waals surface area (Å²) in [5, 5.41) is 9.96. The van der Waals surface area contributed by atoms with Crippen LogP contribution in [0.1, 0.15) is 29.8 Å². The van der Waals surface area contributed by atoms with Gasteiger partial charge in [-0.1, -0.05) is 6.92 Å². The van der Waals surface area contributed by atoms with E-state index >= 15 is 0 Å². The van der Waals surface area contributed by atoms with Crippen molar-refractivity contribution in [3.8, 4) is 5.88 Å². The molecule has 1 heterocycles. The van der Waals surface area contributed by atoms with Gasteiger partial charge in [0.1, 0.15) is 10.5 Å². The molecule has 0 saturated heterocycles. The summed E-state index contributed by atoms with van der Waals surface area (Å²) in [5.41, 5.74) is 3.80. The normalized spacial score (nSPS) is 11.5.